The molecule has 0 aliphatic heterocycles. The van der Waals surface area contributed by atoms with Gasteiger partial charge in [-0.2, -0.15) is 0 Å². The molecule has 0 saturated carbocycles. The van der Waals surface area contributed by atoms with Crippen LogP contribution in [-0.2, 0) is 9.09 Å². The van der Waals surface area contributed by atoms with Crippen LogP contribution in [0.3, 0.4) is 0 Å². The molecule has 90 valence electrons. The van der Waals surface area contributed by atoms with Crippen LogP contribution in [0.15, 0.2) is 30.3 Å². The minimum absolute atomic E-state index is 0.199. The molecule has 0 bridgehead atoms. The van der Waals surface area contributed by atoms with E-state index in [1.54, 1.807) is 38.2 Å². The average molecular weight is 245 g/mol. The van der Waals surface area contributed by atoms with Crippen LogP contribution in [-0.4, -0.2) is 22.9 Å². The summed E-state index contributed by atoms with van der Waals surface area (Å²) in [5.74, 6) is 0. The SMILES string of the molecule is CN[C@H](C)[C@@H](OP(=O)(O)O)c1ccccc1. The Morgan fingerprint density at radius 1 is 1.31 bits per heavy atom. The van der Waals surface area contributed by atoms with Crippen molar-refractivity contribution < 1.29 is 18.9 Å². The average Bonchev–Trinajstić information content (AvgIpc) is 2.25. The Kier molecular flexibility index (Phi) is 4.65. The molecule has 0 amide bonds. The molecule has 0 heterocycles. The van der Waals surface area contributed by atoms with Gasteiger partial charge in [0, 0.05) is 6.04 Å². The Morgan fingerprint density at radius 3 is 2.31 bits per heavy atom. The molecular formula is C10H16NO4P. The molecule has 16 heavy (non-hydrogen) atoms. The Hall–Kier alpha value is -0.710. The first kappa shape index (κ1) is 13.4. The highest BCUT2D eigenvalue weighted by atomic mass is 31.2. The van der Waals surface area contributed by atoms with Gasteiger partial charge in [-0.25, -0.2) is 4.57 Å². The highest BCUT2D eigenvalue weighted by Crippen LogP contribution is 2.43. The summed E-state index contributed by atoms with van der Waals surface area (Å²) >= 11 is 0. The molecule has 0 radical (unpaired) electrons. The number of likely N-dealkylation sites (N-methyl/N-ethyl adjacent to an activating group) is 1. The lowest BCUT2D eigenvalue weighted by Gasteiger charge is -2.24. The molecule has 6 heteroatoms. The van der Waals surface area contributed by atoms with Crippen molar-refractivity contribution in [2.24, 2.45) is 0 Å². The number of benzene rings is 1. The van der Waals surface area contributed by atoms with Crippen molar-refractivity contribution in [3.05, 3.63) is 35.9 Å². The first-order valence-electron chi connectivity index (χ1n) is 4.90. The summed E-state index contributed by atoms with van der Waals surface area (Å²) in [6.07, 6.45) is -0.674. The third-order valence-corrected chi connectivity index (χ3v) is 2.79. The molecular weight excluding hydrogens is 229 g/mol. The van der Waals surface area contributed by atoms with Crippen molar-refractivity contribution in [2.45, 2.75) is 19.1 Å². The van der Waals surface area contributed by atoms with Crippen LogP contribution < -0.4 is 5.32 Å². The van der Waals surface area contributed by atoms with Gasteiger partial charge in [0.25, 0.3) is 0 Å². The smallest absolute Gasteiger partial charge is 0.314 e. The molecule has 1 aromatic carbocycles. The van der Waals surface area contributed by atoms with Gasteiger partial charge in [0.15, 0.2) is 0 Å². The van der Waals surface area contributed by atoms with E-state index in [9.17, 15) is 4.57 Å². The third kappa shape index (κ3) is 4.04. The fourth-order valence-corrected chi connectivity index (χ4v) is 1.98. The van der Waals surface area contributed by atoms with E-state index in [0.717, 1.165) is 5.56 Å². The van der Waals surface area contributed by atoms with Crippen LogP contribution >= 0.6 is 7.82 Å². The van der Waals surface area contributed by atoms with Crippen LogP contribution in [0.1, 0.15) is 18.6 Å². The van der Waals surface area contributed by atoms with Gasteiger partial charge in [0.1, 0.15) is 6.10 Å². The maximum absolute atomic E-state index is 10.9. The van der Waals surface area contributed by atoms with Gasteiger partial charge in [-0.3, -0.25) is 4.52 Å². The summed E-state index contributed by atoms with van der Waals surface area (Å²) in [6, 6.07) is 8.78. The van der Waals surface area contributed by atoms with Crippen molar-refractivity contribution in [2.75, 3.05) is 7.05 Å². The number of phosphoric acid groups is 1. The van der Waals surface area contributed by atoms with Crippen molar-refractivity contribution in [1.29, 1.82) is 0 Å². The minimum atomic E-state index is -4.49. The zero-order valence-electron chi connectivity index (χ0n) is 9.20. The zero-order chi connectivity index (χ0) is 12.2. The number of rotatable bonds is 5. The van der Waals surface area contributed by atoms with Crippen LogP contribution in [0, 0.1) is 0 Å². The lowest BCUT2D eigenvalue weighted by Crippen LogP contribution is -2.30. The van der Waals surface area contributed by atoms with Crippen LogP contribution in [0.25, 0.3) is 0 Å². The molecule has 1 aromatic rings. The molecule has 2 atom stereocenters. The fourth-order valence-electron chi connectivity index (χ4n) is 1.38. The van der Waals surface area contributed by atoms with Gasteiger partial charge in [-0.15, -0.1) is 0 Å². The molecule has 0 saturated heterocycles. The van der Waals surface area contributed by atoms with Crippen molar-refractivity contribution in [3.63, 3.8) is 0 Å². The van der Waals surface area contributed by atoms with E-state index in [0.29, 0.717) is 0 Å². The third-order valence-electron chi connectivity index (χ3n) is 2.29. The summed E-state index contributed by atoms with van der Waals surface area (Å²) in [4.78, 5) is 17.7. The molecule has 3 N–H and O–H groups in total. The van der Waals surface area contributed by atoms with E-state index >= 15 is 0 Å². The first-order chi connectivity index (χ1) is 7.44. The number of hydrogen-bond donors (Lipinski definition) is 3. The second-order valence-corrected chi connectivity index (χ2v) is 4.70. The summed E-state index contributed by atoms with van der Waals surface area (Å²) < 4.78 is 15.7. The maximum Gasteiger partial charge on any atom is 0.470 e. The lowest BCUT2D eigenvalue weighted by molar-refractivity contribution is 0.110. The van der Waals surface area contributed by atoms with Gasteiger partial charge in [0.2, 0.25) is 0 Å². The second kappa shape index (κ2) is 5.57. The van der Waals surface area contributed by atoms with E-state index in [1.807, 2.05) is 6.07 Å². The molecule has 1 rings (SSSR count). The van der Waals surface area contributed by atoms with Crippen molar-refractivity contribution >= 4 is 7.82 Å². The molecule has 0 aromatic heterocycles. The van der Waals surface area contributed by atoms with Gasteiger partial charge >= 0.3 is 7.82 Å². The predicted octanol–water partition coefficient (Wildman–Crippen LogP) is 1.44. The lowest BCUT2D eigenvalue weighted by atomic mass is 10.0. The van der Waals surface area contributed by atoms with Gasteiger partial charge < -0.3 is 15.1 Å². The van der Waals surface area contributed by atoms with Crippen LogP contribution in [0.5, 0.6) is 0 Å². The highest BCUT2D eigenvalue weighted by Gasteiger charge is 2.27. The normalized spacial score (nSPS) is 15.8. The standard InChI is InChI=1S/C10H16NO4P/c1-8(11-2)10(15-16(12,13)14)9-6-4-3-5-7-9/h3-8,10-11H,1-2H3,(H2,12,13,14)/t8-,10-/m1/s1. The maximum atomic E-state index is 10.9. The quantitative estimate of drug-likeness (QED) is 0.684. The Labute approximate surface area is 94.7 Å². The van der Waals surface area contributed by atoms with Crippen LogP contribution in [0.2, 0.25) is 0 Å². The molecule has 5 nitrogen and oxygen atoms in total. The minimum Gasteiger partial charge on any atom is -0.314 e. The van der Waals surface area contributed by atoms with E-state index in [1.165, 1.54) is 0 Å². The predicted molar refractivity (Wildman–Crippen MR) is 60.8 cm³/mol. The molecule has 0 unspecified atom stereocenters. The van der Waals surface area contributed by atoms with E-state index in [-0.39, 0.29) is 6.04 Å². The van der Waals surface area contributed by atoms with Crippen molar-refractivity contribution in [3.8, 4) is 0 Å². The summed E-state index contributed by atoms with van der Waals surface area (Å²) in [5.41, 5.74) is 0.729. The number of phosphoric ester groups is 1. The van der Waals surface area contributed by atoms with Gasteiger partial charge in [-0.05, 0) is 19.5 Å². The van der Waals surface area contributed by atoms with E-state index in [2.05, 4.69) is 5.32 Å². The van der Waals surface area contributed by atoms with E-state index < -0.39 is 13.9 Å². The monoisotopic (exact) mass is 245 g/mol. The Balaban J connectivity index is 2.93. The topological polar surface area (TPSA) is 78.8 Å². The summed E-state index contributed by atoms with van der Waals surface area (Å²) in [7, 11) is -2.78. The van der Waals surface area contributed by atoms with Crippen molar-refractivity contribution in [1.82, 2.24) is 5.32 Å². The van der Waals surface area contributed by atoms with Gasteiger partial charge in [-0.1, -0.05) is 30.3 Å². The Bertz CT molecular complexity index is 364. The molecule has 0 fully saturated rings. The zero-order valence-corrected chi connectivity index (χ0v) is 10.1. The first-order valence-corrected chi connectivity index (χ1v) is 6.43. The number of hydrogen-bond acceptors (Lipinski definition) is 3. The molecule has 0 spiro atoms. The molecule has 0 aliphatic rings. The molecule has 0 aliphatic carbocycles. The Morgan fingerprint density at radius 2 is 1.88 bits per heavy atom. The van der Waals surface area contributed by atoms with E-state index in [4.69, 9.17) is 14.3 Å². The van der Waals surface area contributed by atoms with Crippen LogP contribution in [0.4, 0.5) is 0 Å². The second-order valence-electron chi connectivity index (χ2n) is 3.50. The van der Waals surface area contributed by atoms with Gasteiger partial charge in [0.05, 0.1) is 0 Å². The summed E-state index contributed by atoms with van der Waals surface area (Å²) in [6.45, 7) is 1.80. The fraction of sp³-hybridized carbons (Fsp3) is 0.400. The number of nitrogens with one attached hydrogen (secondary N) is 1. The highest BCUT2D eigenvalue weighted by molar-refractivity contribution is 7.46. The summed E-state index contributed by atoms with van der Waals surface area (Å²) in [5, 5.41) is 2.92. The largest absolute Gasteiger partial charge is 0.470 e.